The largest absolute Gasteiger partial charge is 0.340 e. The Balaban J connectivity index is 2.31. The smallest absolute Gasteiger partial charge is 0.108 e. The van der Waals surface area contributed by atoms with E-state index in [0.29, 0.717) is 0 Å². The number of nitrogens with one attached hydrogen (secondary N) is 1. The summed E-state index contributed by atoms with van der Waals surface area (Å²) in [5.74, 6) is 5.60. The minimum atomic E-state index is -0.183. The van der Waals surface area contributed by atoms with E-state index >= 15 is 0 Å². The molecule has 1 unspecified atom stereocenters. The van der Waals surface area contributed by atoms with Crippen molar-refractivity contribution in [2.24, 2.45) is 12.9 Å². The van der Waals surface area contributed by atoms with Gasteiger partial charge >= 0.3 is 0 Å². The quantitative estimate of drug-likeness (QED) is 0.561. The predicted octanol–water partition coefficient (Wildman–Crippen LogP) is -0.0257. The summed E-state index contributed by atoms with van der Waals surface area (Å²) in [5, 5.41) is 7.97. The number of hydrazine groups is 1. The number of aryl methyl sites for hydroxylation is 2. The Bertz CT molecular complexity index is 472. The maximum absolute atomic E-state index is 5.60. The van der Waals surface area contributed by atoms with Gasteiger partial charge < -0.3 is 4.57 Å². The van der Waals surface area contributed by atoms with Gasteiger partial charge in [-0.25, -0.2) is 15.1 Å². The molecule has 0 fully saturated rings. The molecule has 0 aliphatic rings. The fourth-order valence-electron chi connectivity index (χ4n) is 1.78. The van der Waals surface area contributed by atoms with Gasteiger partial charge in [0.2, 0.25) is 0 Å². The second kappa shape index (κ2) is 5.07. The molecule has 0 aliphatic carbocycles. The summed E-state index contributed by atoms with van der Waals surface area (Å²) in [4.78, 5) is 4.30. The van der Waals surface area contributed by atoms with E-state index < -0.39 is 0 Å². The van der Waals surface area contributed by atoms with Crippen LogP contribution in [0.5, 0.6) is 0 Å². The first-order valence-electron chi connectivity index (χ1n) is 5.58. The highest BCUT2D eigenvalue weighted by Gasteiger charge is 2.19. The molecule has 2 aromatic rings. The molecule has 2 heterocycles. The van der Waals surface area contributed by atoms with E-state index in [1.54, 1.807) is 12.5 Å². The van der Waals surface area contributed by atoms with E-state index in [1.807, 2.05) is 22.5 Å². The zero-order chi connectivity index (χ0) is 12.3. The Kier molecular flexibility index (Phi) is 3.50. The Morgan fingerprint density at radius 1 is 1.53 bits per heavy atom. The highest BCUT2D eigenvalue weighted by Crippen LogP contribution is 2.18. The van der Waals surface area contributed by atoms with Gasteiger partial charge in [-0.05, 0) is 6.42 Å². The van der Waals surface area contributed by atoms with Gasteiger partial charge in [0.25, 0.3) is 0 Å². The molecule has 0 bridgehead atoms. The van der Waals surface area contributed by atoms with Crippen LogP contribution in [-0.4, -0.2) is 24.5 Å². The molecule has 0 spiro atoms. The van der Waals surface area contributed by atoms with Crippen LogP contribution in [0.2, 0.25) is 0 Å². The lowest BCUT2D eigenvalue weighted by Gasteiger charge is -2.14. The number of hydrogen-bond acceptors (Lipinski definition) is 5. The molecular weight excluding hydrogens is 218 g/mol. The number of rotatable bonds is 5. The summed E-state index contributed by atoms with van der Waals surface area (Å²) in [6, 6.07) is -0.183. The van der Waals surface area contributed by atoms with E-state index in [9.17, 15) is 0 Å². The Morgan fingerprint density at radius 3 is 2.94 bits per heavy atom. The zero-order valence-corrected chi connectivity index (χ0v) is 10.0. The third kappa shape index (κ3) is 2.34. The molecule has 1 atom stereocenters. The third-order valence-electron chi connectivity index (χ3n) is 2.57. The molecule has 92 valence electrons. The van der Waals surface area contributed by atoms with E-state index in [4.69, 9.17) is 5.84 Å². The van der Waals surface area contributed by atoms with Gasteiger partial charge in [-0.1, -0.05) is 12.1 Å². The van der Waals surface area contributed by atoms with Gasteiger partial charge in [0, 0.05) is 19.8 Å². The monoisotopic (exact) mass is 235 g/mol. The molecule has 0 amide bonds. The lowest BCUT2D eigenvalue weighted by atomic mass is 10.1. The third-order valence-corrected chi connectivity index (χ3v) is 2.57. The Hall–Kier alpha value is -1.73. The average Bonchev–Trinajstić information content (AvgIpc) is 2.91. The first-order valence-corrected chi connectivity index (χ1v) is 5.58. The topological polar surface area (TPSA) is 86.6 Å². The molecule has 0 aromatic carbocycles. The highest BCUT2D eigenvalue weighted by atomic mass is 15.4. The van der Waals surface area contributed by atoms with Crippen molar-refractivity contribution in [3.05, 3.63) is 30.1 Å². The van der Waals surface area contributed by atoms with E-state index in [-0.39, 0.29) is 6.04 Å². The zero-order valence-electron chi connectivity index (χ0n) is 10.0. The van der Waals surface area contributed by atoms with E-state index in [2.05, 4.69) is 27.6 Å². The summed E-state index contributed by atoms with van der Waals surface area (Å²) in [7, 11) is 1.92. The average molecular weight is 235 g/mol. The van der Waals surface area contributed by atoms with Crippen LogP contribution in [0.1, 0.15) is 30.8 Å². The first-order chi connectivity index (χ1) is 8.26. The fourth-order valence-corrected chi connectivity index (χ4v) is 1.78. The molecule has 17 heavy (non-hydrogen) atoms. The number of imidazole rings is 1. The Morgan fingerprint density at radius 2 is 2.35 bits per heavy atom. The van der Waals surface area contributed by atoms with Crippen LogP contribution in [-0.2, 0) is 13.6 Å². The number of nitrogens with two attached hydrogens (primary N) is 1. The molecule has 2 rings (SSSR count). The summed E-state index contributed by atoms with van der Waals surface area (Å²) in [6.07, 6.45) is 6.38. The standard InChI is InChI=1S/C10H17N7/c1-3-4-17-9(5-13-15-17)10(14-11)8-6-16(2)7-12-8/h5-7,10,14H,3-4,11H2,1-2H3. The molecule has 0 saturated carbocycles. The van der Waals surface area contributed by atoms with Crippen LogP contribution in [0.4, 0.5) is 0 Å². The first kappa shape index (κ1) is 11.7. The molecule has 0 radical (unpaired) electrons. The van der Waals surface area contributed by atoms with Gasteiger partial charge in [0.1, 0.15) is 6.04 Å². The summed E-state index contributed by atoms with van der Waals surface area (Å²) < 4.78 is 3.73. The summed E-state index contributed by atoms with van der Waals surface area (Å²) in [6.45, 7) is 2.91. The number of hydrogen-bond donors (Lipinski definition) is 2. The van der Waals surface area contributed by atoms with Crippen molar-refractivity contribution in [2.75, 3.05) is 0 Å². The fraction of sp³-hybridized carbons (Fsp3) is 0.500. The maximum atomic E-state index is 5.60. The lowest BCUT2D eigenvalue weighted by molar-refractivity contribution is 0.507. The van der Waals surface area contributed by atoms with Gasteiger partial charge in [0.15, 0.2) is 0 Å². The predicted molar refractivity (Wildman–Crippen MR) is 62.7 cm³/mol. The van der Waals surface area contributed by atoms with Crippen molar-refractivity contribution in [3.63, 3.8) is 0 Å². The second-order valence-electron chi connectivity index (χ2n) is 3.95. The normalized spacial score (nSPS) is 12.9. The van der Waals surface area contributed by atoms with Crippen molar-refractivity contribution in [2.45, 2.75) is 25.9 Å². The minimum Gasteiger partial charge on any atom is -0.340 e. The van der Waals surface area contributed by atoms with Crippen LogP contribution in [0.3, 0.4) is 0 Å². The maximum Gasteiger partial charge on any atom is 0.108 e. The van der Waals surface area contributed by atoms with Crippen molar-refractivity contribution in [1.29, 1.82) is 0 Å². The summed E-state index contributed by atoms with van der Waals surface area (Å²) in [5.41, 5.74) is 4.54. The van der Waals surface area contributed by atoms with Gasteiger partial charge in [0.05, 0.1) is 23.9 Å². The SMILES string of the molecule is CCCn1nncc1C(NN)c1cn(C)cn1. The molecule has 7 heteroatoms. The molecule has 0 saturated heterocycles. The Labute approximate surface area is 99.6 Å². The lowest BCUT2D eigenvalue weighted by Crippen LogP contribution is -2.31. The molecule has 3 N–H and O–H groups in total. The van der Waals surface area contributed by atoms with Gasteiger partial charge in [-0.3, -0.25) is 5.84 Å². The van der Waals surface area contributed by atoms with Crippen LogP contribution < -0.4 is 11.3 Å². The van der Waals surface area contributed by atoms with Crippen LogP contribution in [0, 0.1) is 0 Å². The van der Waals surface area contributed by atoms with Crippen molar-refractivity contribution < 1.29 is 0 Å². The molecule has 0 aliphatic heterocycles. The van der Waals surface area contributed by atoms with Gasteiger partial charge in [-0.15, -0.1) is 5.10 Å². The van der Waals surface area contributed by atoms with Crippen molar-refractivity contribution in [1.82, 2.24) is 30.0 Å². The summed E-state index contributed by atoms with van der Waals surface area (Å²) >= 11 is 0. The minimum absolute atomic E-state index is 0.183. The van der Waals surface area contributed by atoms with E-state index in [0.717, 1.165) is 24.4 Å². The van der Waals surface area contributed by atoms with Crippen LogP contribution in [0.25, 0.3) is 0 Å². The van der Waals surface area contributed by atoms with E-state index in [1.165, 1.54) is 0 Å². The molecule has 2 aromatic heterocycles. The van der Waals surface area contributed by atoms with Crippen LogP contribution in [0.15, 0.2) is 18.7 Å². The number of nitrogens with zero attached hydrogens (tertiary/aromatic N) is 5. The van der Waals surface area contributed by atoms with Crippen molar-refractivity contribution >= 4 is 0 Å². The molecule has 7 nitrogen and oxygen atoms in total. The highest BCUT2D eigenvalue weighted by molar-refractivity contribution is 5.17. The molecular formula is C10H17N7. The van der Waals surface area contributed by atoms with Crippen LogP contribution >= 0.6 is 0 Å². The second-order valence-corrected chi connectivity index (χ2v) is 3.95. The van der Waals surface area contributed by atoms with Crippen molar-refractivity contribution in [3.8, 4) is 0 Å². The number of aromatic nitrogens is 5. The van der Waals surface area contributed by atoms with Gasteiger partial charge in [-0.2, -0.15) is 0 Å².